The number of hydrogen-bond donors (Lipinski definition) is 1. The second-order valence-corrected chi connectivity index (χ2v) is 5.74. The van der Waals surface area contributed by atoms with E-state index in [1.807, 2.05) is 55.9 Å². The number of ether oxygens (including phenoxy) is 1. The van der Waals surface area contributed by atoms with Crippen molar-refractivity contribution in [2.45, 2.75) is 20.0 Å². The van der Waals surface area contributed by atoms with Gasteiger partial charge in [0.15, 0.2) is 11.8 Å². The quantitative estimate of drug-likeness (QED) is 0.473. The molecular weight excluding hydrogens is 316 g/mol. The Bertz CT molecular complexity index is 720. The van der Waals surface area contributed by atoms with Gasteiger partial charge in [-0.2, -0.15) is 0 Å². The van der Waals surface area contributed by atoms with Gasteiger partial charge >= 0.3 is 0 Å². The number of aromatic nitrogens is 3. The molecule has 1 heterocycles. The summed E-state index contributed by atoms with van der Waals surface area (Å²) in [5.74, 6) is 3.34. The van der Waals surface area contributed by atoms with Gasteiger partial charge in [-0.05, 0) is 24.6 Å². The van der Waals surface area contributed by atoms with Crippen molar-refractivity contribution in [1.29, 1.82) is 0 Å². The second-order valence-electron chi connectivity index (χ2n) is 5.74. The molecular formula is C18H26N6O. The Balaban J connectivity index is 2.09. The molecule has 0 amide bonds. The molecule has 7 heteroatoms. The van der Waals surface area contributed by atoms with Crippen molar-refractivity contribution in [3.8, 4) is 5.75 Å². The highest BCUT2D eigenvalue weighted by atomic mass is 16.5. The van der Waals surface area contributed by atoms with E-state index in [1.165, 1.54) is 5.56 Å². The Morgan fingerprint density at radius 3 is 2.64 bits per heavy atom. The van der Waals surface area contributed by atoms with E-state index < -0.39 is 0 Å². The molecule has 134 valence electrons. The van der Waals surface area contributed by atoms with Gasteiger partial charge in [-0.1, -0.05) is 18.2 Å². The van der Waals surface area contributed by atoms with Crippen molar-refractivity contribution in [1.82, 2.24) is 25.0 Å². The normalized spacial score (nSPS) is 11.3. The van der Waals surface area contributed by atoms with Crippen LogP contribution < -0.4 is 10.1 Å². The SMILES string of the molecule is C=CCNC(=NCc1nnc(C)n1C)N(C)Cc1ccc(OC)cc1. The largest absolute Gasteiger partial charge is 0.497 e. The molecule has 1 aromatic heterocycles. The van der Waals surface area contributed by atoms with Crippen molar-refractivity contribution in [3.05, 3.63) is 54.1 Å². The van der Waals surface area contributed by atoms with E-state index in [2.05, 4.69) is 32.0 Å². The summed E-state index contributed by atoms with van der Waals surface area (Å²) in [7, 11) is 5.61. The lowest BCUT2D eigenvalue weighted by atomic mass is 10.2. The van der Waals surface area contributed by atoms with Crippen LogP contribution in [-0.2, 0) is 20.1 Å². The van der Waals surface area contributed by atoms with Crippen molar-refractivity contribution in [2.75, 3.05) is 20.7 Å². The molecule has 0 aliphatic carbocycles. The smallest absolute Gasteiger partial charge is 0.194 e. The number of guanidine groups is 1. The molecule has 25 heavy (non-hydrogen) atoms. The fourth-order valence-electron chi connectivity index (χ4n) is 2.29. The minimum Gasteiger partial charge on any atom is -0.497 e. The third-order valence-electron chi connectivity index (χ3n) is 3.90. The molecule has 0 saturated heterocycles. The van der Waals surface area contributed by atoms with E-state index in [-0.39, 0.29) is 0 Å². The number of methoxy groups -OCH3 is 1. The fourth-order valence-corrected chi connectivity index (χ4v) is 2.29. The van der Waals surface area contributed by atoms with Gasteiger partial charge in [0.05, 0.1) is 7.11 Å². The van der Waals surface area contributed by atoms with Crippen molar-refractivity contribution in [3.63, 3.8) is 0 Å². The molecule has 0 bridgehead atoms. The van der Waals surface area contributed by atoms with Gasteiger partial charge in [0, 0.05) is 27.2 Å². The molecule has 0 unspecified atom stereocenters. The number of aliphatic imine (C=N–C) groups is 1. The maximum absolute atomic E-state index is 5.20. The first-order valence-corrected chi connectivity index (χ1v) is 8.13. The highest BCUT2D eigenvalue weighted by Crippen LogP contribution is 2.12. The molecule has 0 saturated carbocycles. The molecule has 0 aliphatic heterocycles. The third kappa shape index (κ3) is 5.07. The number of benzene rings is 1. The molecule has 0 radical (unpaired) electrons. The minimum absolute atomic E-state index is 0.462. The lowest BCUT2D eigenvalue weighted by Crippen LogP contribution is -2.38. The number of nitrogens with one attached hydrogen (secondary N) is 1. The van der Waals surface area contributed by atoms with Gasteiger partial charge in [-0.15, -0.1) is 16.8 Å². The topological polar surface area (TPSA) is 67.6 Å². The standard InChI is InChI=1S/C18H26N6O/c1-6-11-19-18(20-12-17-22-21-14(2)24(17)4)23(3)13-15-7-9-16(25-5)10-8-15/h6-10H,1,11-13H2,2-5H3,(H,19,20). The van der Waals surface area contributed by atoms with E-state index >= 15 is 0 Å². The summed E-state index contributed by atoms with van der Waals surface area (Å²) in [6.45, 7) is 7.51. The molecule has 7 nitrogen and oxygen atoms in total. The van der Waals surface area contributed by atoms with Crippen LogP contribution >= 0.6 is 0 Å². The van der Waals surface area contributed by atoms with E-state index in [1.54, 1.807) is 7.11 Å². The van der Waals surface area contributed by atoms with E-state index in [0.29, 0.717) is 13.1 Å². The van der Waals surface area contributed by atoms with Gasteiger partial charge in [-0.3, -0.25) is 0 Å². The highest BCUT2D eigenvalue weighted by Gasteiger charge is 2.09. The predicted molar refractivity (Wildman–Crippen MR) is 99.5 cm³/mol. The van der Waals surface area contributed by atoms with Crippen LogP contribution in [0.4, 0.5) is 0 Å². The summed E-state index contributed by atoms with van der Waals surface area (Å²) >= 11 is 0. The van der Waals surface area contributed by atoms with Crippen molar-refractivity contribution >= 4 is 5.96 Å². The van der Waals surface area contributed by atoms with Crippen LogP contribution in [-0.4, -0.2) is 46.3 Å². The van der Waals surface area contributed by atoms with Crippen molar-refractivity contribution in [2.24, 2.45) is 12.0 Å². The Morgan fingerprint density at radius 2 is 2.08 bits per heavy atom. The summed E-state index contributed by atoms with van der Waals surface area (Å²) in [5.41, 5.74) is 1.17. The zero-order valence-electron chi connectivity index (χ0n) is 15.4. The first-order chi connectivity index (χ1) is 12.0. The Morgan fingerprint density at radius 1 is 1.36 bits per heavy atom. The van der Waals surface area contributed by atoms with Gasteiger partial charge in [-0.25, -0.2) is 4.99 Å². The van der Waals surface area contributed by atoms with E-state index in [9.17, 15) is 0 Å². The minimum atomic E-state index is 0.462. The highest BCUT2D eigenvalue weighted by molar-refractivity contribution is 5.79. The second kappa shape index (κ2) is 8.86. The first-order valence-electron chi connectivity index (χ1n) is 8.13. The van der Waals surface area contributed by atoms with E-state index in [4.69, 9.17) is 4.74 Å². The lowest BCUT2D eigenvalue weighted by Gasteiger charge is -2.22. The predicted octanol–water partition coefficient (Wildman–Crippen LogP) is 1.90. The molecule has 1 aromatic carbocycles. The molecule has 0 fully saturated rings. The number of rotatable bonds is 7. The Kier molecular flexibility index (Phi) is 6.56. The Labute approximate surface area is 149 Å². The summed E-state index contributed by atoms with van der Waals surface area (Å²) in [5, 5.41) is 11.5. The first kappa shape index (κ1) is 18.5. The van der Waals surface area contributed by atoms with Crippen LogP contribution in [0.25, 0.3) is 0 Å². The summed E-state index contributed by atoms with van der Waals surface area (Å²) in [4.78, 5) is 6.74. The average molecular weight is 342 g/mol. The van der Waals surface area contributed by atoms with Gasteiger partial charge in [0.25, 0.3) is 0 Å². The molecule has 0 aliphatic rings. The van der Waals surface area contributed by atoms with Crippen LogP contribution in [0.5, 0.6) is 5.75 Å². The van der Waals surface area contributed by atoms with Crippen LogP contribution in [0.15, 0.2) is 41.9 Å². The zero-order chi connectivity index (χ0) is 18.2. The maximum Gasteiger partial charge on any atom is 0.194 e. The van der Waals surface area contributed by atoms with Crippen LogP contribution in [0.2, 0.25) is 0 Å². The summed E-state index contributed by atoms with van der Waals surface area (Å²) in [6, 6.07) is 8.01. The van der Waals surface area contributed by atoms with Crippen LogP contribution in [0.1, 0.15) is 17.2 Å². The molecule has 2 aromatic rings. The lowest BCUT2D eigenvalue weighted by molar-refractivity contribution is 0.414. The summed E-state index contributed by atoms with van der Waals surface area (Å²) < 4.78 is 7.14. The Hall–Kier alpha value is -2.83. The van der Waals surface area contributed by atoms with Gasteiger partial charge < -0.3 is 19.5 Å². The monoisotopic (exact) mass is 342 g/mol. The molecule has 1 N–H and O–H groups in total. The van der Waals surface area contributed by atoms with E-state index in [0.717, 1.165) is 29.9 Å². The zero-order valence-corrected chi connectivity index (χ0v) is 15.4. The number of nitrogens with zero attached hydrogens (tertiary/aromatic N) is 5. The fraction of sp³-hybridized carbons (Fsp3) is 0.389. The molecule has 2 rings (SSSR count). The van der Waals surface area contributed by atoms with Gasteiger partial charge in [0.1, 0.15) is 18.1 Å². The summed E-state index contributed by atoms with van der Waals surface area (Å²) in [6.07, 6.45) is 1.81. The van der Waals surface area contributed by atoms with Gasteiger partial charge in [0.2, 0.25) is 0 Å². The average Bonchev–Trinajstić information content (AvgIpc) is 2.94. The molecule has 0 spiro atoms. The maximum atomic E-state index is 5.20. The van der Waals surface area contributed by atoms with Crippen LogP contribution in [0, 0.1) is 6.92 Å². The van der Waals surface area contributed by atoms with Crippen LogP contribution in [0.3, 0.4) is 0 Å². The molecule has 0 atom stereocenters. The third-order valence-corrected chi connectivity index (χ3v) is 3.90. The number of aryl methyl sites for hydroxylation is 1. The number of hydrogen-bond acceptors (Lipinski definition) is 4. The van der Waals surface area contributed by atoms with Crippen molar-refractivity contribution < 1.29 is 4.74 Å².